The smallest absolute Gasteiger partial charge is 0.152 e. The number of hydrogen-bond acceptors (Lipinski definition) is 3. The van der Waals surface area contributed by atoms with Crippen LogP contribution in [-0.2, 0) is 9.84 Å². The van der Waals surface area contributed by atoms with Gasteiger partial charge in [-0.3, -0.25) is 0 Å². The summed E-state index contributed by atoms with van der Waals surface area (Å²) in [5, 5.41) is 8.79. The molecule has 0 radical (unpaired) electrons. The number of alkyl halides is 1. The van der Waals surface area contributed by atoms with Crippen LogP contribution in [0.4, 0.5) is 0 Å². The van der Waals surface area contributed by atoms with Crippen molar-refractivity contribution in [3.05, 3.63) is 0 Å². The highest BCUT2D eigenvalue weighted by Gasteiger charge is 2.36. The monoisotopic (exact) mass is 198 g/mol. The topological polar surface area (TPSA) is 54.4 Å². The van der Waals surface area contributed by atoms with Gasteiger partial charge in [-0.05, 0) is 12.8 Å². The van der Waals surface area contributed by atoms with Crippen molar-refractivity contribution in [2.45, 2.75) is 17.7 Å². The number of halogens is 1. The molecule has 3 nitrogen and oxygen atoms in total. The van der Waals surface area contributed by atoms with Crippen LogP contribution in [0.15, 0.2) is 0 Å². The Labute approximate surface area is 71.3 Å². The fraction of sp³-hybridized carbons (Fsp3) is 1.00. The second kappa shape index (κ2) is 2.92. The van der Waals surface area contributed by atoms with Crippen LogP contribution in [-0.4, -0.2) is 36.5 Å². The van der Waals surface area contributed by atoms with Crippen LogP contribution in [0.3, 0.4) is 0 Å². The molecular formula is C6H11ClO3S. The molecule has 1 heterocycles. The van der Waals surface area contributed by atoms with Crippen molar-refractivity contribution in [2.75, 3.05) is 18.1 Å². The SMILES string of the molecule is O=S1(=O)CCCC(Cl)(CO)C1. The molecule has 0 amide bonds. The van der Waals surface area contributed by atoms with Crippen LogP contribution >= 0.6 is 11.6 Å². The lowest BCUT2D eigenvalue weighted by molar-refractivity contribution is 0.243. The molecule has 1 aliphatic rings. The van der Waals surface area contributed by atoms with Crippen molar-refractivity contribution in [1.82, 2.24) is 0 Å². The van der Waals surface area contributed by atoms with E-state index in [1.807, 2.05) is 0 Å². The van der Waals surface area contributed by atoms with Gasteiger partial charge in [-0.25, -0.2) is 8.42 Å². The van der Waals surface area contributed by atoms with Crippen molar-refractivity contribution >= 4 is 21.4 Å². The Morgan fingerprint density at radius 3 is 2.55 bits per heavy atom. The molecule has 1 atom stereocenters. The predicted octanol–water partition coefficient (Wildman–Crippen LogP) is 0.165. The summed E-state index contributed by atoms with van der Waals surface area (Å²) in [5.74, 6) is 0.125. The first-order chi connectivity index (χ1) is 4.97. The van der Waals surface area contributed by atoms with Crippen LogP contribution < -0.4 is 0 Å². The van der Waals surface area contributed by atoms with Gasteiger partial charge in [-0.2, -0.15) is 0 Å². The summed E-state index contributed by atoms with van der Waals surface area (Å²) in [6.07, 6.45) is 1.15. The van der Waals surface area contributed by atoms with E-state index in [-0.39, 0.29) is 18.1 Å². The number of rotatable bonds is 1. The van der Waals surface area contributed by atoms with Gasteiger partial charge in [-0.1, -0.05) is 0 Å². The summed E-state index contributed by atoms with van der Waals surface area (Å²) in [6, 6.07) is 0. The highest BCUT2D eigenvalue weighted by molar-refractivity contribution is 7.91. The summed E-state index contributed by atoms with van der Waals surface area (Å²) in [4.78, 5) is -0.906. The molecule has 0 spiro atoms. The summed E-state index contributed by atoms with van der Waals surface area (Å²) < 4.78 is 22.1. The lowest BCUT2D eigenvalue weighted by Crippen LogP contribution is -2.40. The first-order valence-electron chi connectivity index (χ1n) is 3.48. The zero-order valence-electron chi connectivity index (χ0n) is 6.09. The van der Waals surface area contributed by atoms with Crippen LogP contribution in [0.2, 0.25) is 0 Å². The first kappa shape index (κ1) is 9.29. The highest BCUT2D eigenvalue weighted by Crippen LogP contribution is 2.28. The van der Waals surface area contributed by atoms with Gasteiger partial charge in [0.05, 0.1) is 23.0 Å². The van der Waals surface area contributed by atoms with Gasteiger partial charge in [0, 0.05) is 0 Å². The maximum atomic E-state index is 11.0. The van der Waals surface area contributed by atoms with Crippen molar-refractivity contribution < 1.29 is 13.5 Å². The van der Waals surface area contributed by atoms with Crippen LogP contribution in [0, 0.1) is 0 Å². The molecule has 5 heteroatoms. The van der Waals surface area contributed by atoms with Gasteiger partial charge in [0.15, 0.2) is 9.84 Å². The molecular weight excluding hydrogens is 188 g/mol. The molecule has 0 bridgehead atoms. The van der Waals surface area contributed by atoms with Gasteiger partial charge >= 0.3 is 0 Å². The fourth-order valence-corrected chi connectivity index (χ4v) is 3.66. The minimum absolute atomic E-state index is 0.0853. The molecule has 0 aromatic carbocycles. The Morgan fingerprint density at radius 2 is 2.18 bits per heavy atom. The Bertz CT molecular complexity index is 236. The molecule has 1 unspecified atom stereocenters. The van der Waals surface area contributed by atoms with E-state index >= 15 is 0 Å². The van der Waals surface area contributed by atoms with Gasteiger partial charge in [0.2, 0.25) is 0 Å². The van der Waals surface area contributed by atoms with Gasteiger partial charge in [0.25, 0.3) is 0 Å². The summed E-state index contributed by atoms with van der Waals surface area (Å²) in [5.41, 5.74) is 0. The predicted molar refractivity (Wildman–Crippen MR) is 43.6 cm³/mol. The molecule has 0 saturated carbocycles. The largest absolute Gasteiger partial charge is 0.395 e. The standard InChI is InChI=1S/C6H11ClO3S/c7-6(4-8)2-1-3-11(9,10)5-6/h8H,1-5H2. The molecule has 11 heavy (non-hydrogen) atoms. The fourth-order valence-electron chi connectivity index (χ4n) is 1.27. The zero-order valence-corrected chi connectivity index (χ0v) is 7.66. The second-order valence-electron chi connectivity index (χ2n) is 3.00. The van der Waals surface area contributed by atoms with Gasteiger partial charge in [-0.15, -0.1) is 11.6 Å². The third kappa shape index (κ3) is 2.32. The second-order valence-corrected chi connectivity index (χ2v) is 5.99. The summed E-state index contributed by atoms with van der Waals surface area (Å²) in [6.45, 7) is -0.256. The van der Waals surface area contributed by atoms with E-state index in [1.165, 1.54) is 0 Å². The van der Waals surface area contributed by atoms with Crippen molar-refractivity contribution in [1.29, 1.82) is 0 Å². The summed E-state index contributed by atoms with van der Waals surface area (Å²) in [7, 11) is -2.99. The maximum Gasteiger partial charge on any atom is 0.152 e. The minimum Gasteiger partial charge on any atom is -0.395 e. The van der Waals surface area contributed by atoms with Gasteiger partial charge < -0.3 is 5.11 Å². The van der Waals surface area contributed by atoms with Crippen LogP contribution in [0.5, 0.6) is 0 Å². The van der Waals surface area contributed by atoms with E-state index in [0.717, 1.165) is 0 Å². The van der Waals surface area contributed by atoms with Crippen molar-refractivity contribution in [3.8, 4) is 0 Å². The lowest BCUT2D eigenvalue weighted by atomic mass is 10.1. The molecule has 0 aromatic heterocycles. The maximum absolute atomic E-state index is 11.0. The zero-order chi connectivity index (χ0) is 8.54. The summed E-state index contributed by atoms with van der Waals surface area (Å²) >= 11 is 5.81. The Balaban J connectivity index is 2.75. The Morgan fingerprint density at radius 1 is 1.55 bits per heavy atom. The number of hydrogen-bond donors (Lipinski definition) is 1. The number of aliphatic hydroxyl groups excluding tert-OH is 1. The molecule has 1 N–H and O–H groups in total. The molecule has 1 fully saturated rings. The molecule has 1 saturated heterocycles. The van der Waals surface area contributed by atoms with E-state index in [9.17, 15) is 8.42 Å². The molecule has 0 aliphatic carbocycles. The Hall–Kier alpha value is 0.200. The first-order valence-corrected chi connectivity index (χ1v) is 5.68. The average molecular weight is 199 g/mol. The van der Waals surface area contributed by atoms with E-state index in [2.05, 4.69) is 0 Å². The molecule has 66 valence electrons. The molecule has 1 aliphatic heterocycles. The number of aliphatic hydroxyl groups is 1. The van der Waals surface area contributed by atoms with Crippen molar-refractivity contribution in [3.63, 3.8) is 0 Å². The quantitative estimate of drug-likeness (QED) is 0.611. The van der Waals surface area contributed by atoms with E-state index in [0.29, 0.717) is 12.8 Å². The third-order valence-corrected chi connectivity index (χ3v) is 4.35. The van der Waals surface area contributed by atoms with Crippen LogP contribution in [0.25, 0.3) is 0 Å². The molecule has 1 rings (SSSR count). The Kier molecular flexibility index (Phi) is 2.46. The highest BCUT2D eigenvalue weighted by atomic mass is 35.5. The number of sulfone groups is 1. The lowest BCUT2D eigenvalue weighted by Gasteiger charge is -2.28. The van der Waals surface area contributed by atoms with E-state index in [4.69, 9.17) is 16.7 Å². The average Bonchev–Trinajstić information content (AvgIpc) is 1.85. The van der Waals surface area contributed by atoms with Crippen LogP contribution in [0.1, 0.15) is 12.8 Å². The minimum atomic E-state index is -2.99. The van der Waals surface area contributed by atoms with E-state index in [1.54, 1.807) is 0 Å². The molecule has 0 aromatic rings. The normalized spacial score (nSPS) is 36.9. The van der Waals surface area contributed by atoms with E-state index < -0.39 is 14.7 Å². The van der Waals surface area contributed by atoms with Crippen molar-refractivity contribution in [2.24, 2.45) is 0 Å². The third-order valence-electron chi connectivity index (χ3n) is 1.84. The van der Waals surface area contributed by atoms with Gasteiger partial charge in [0.1, 0.15) is 0 Å².